The first-order valence-corrected chi connectivity index (χ1v) is 5.44. The van der Waals surface area contributed by atoms with Crippen molar-refractivity contribution in [2.24, 2.45) is 0 Å². The highest BCUT2D eigenvalue weighted by atomic mass is 16.4. The maximum atomic E-state index is 10.4. The summed E-state index contributed by atoms with van der Waals surface area (Å²) in [6.07, 6.45) is 2.48. The molecule has 0 bridgehead atoms. The number of carboxylic acids is 1. The molecule has 1 aromatic heterocycles. The molecule has 0 radical (unpaired) electrons. The molecular weight excluding hydrogens is 220 g/mol. The van der Waals surface area contributed by atoms with E-state index in [-0.39, 0.29) is 6.42 Å². The third-order valence-electron chi connectivity index (χ3n) is 2.30. The Bertz CT molecular complexity index is 381. The average molecular weight is 238 g/mol. The molecule has 0 aromatic carbocycles. The summed E-state index contributed by atoms with van der Waals surface area (Å²) in [6, 6.07) is 1.81. The van der Waals surface area contributed by atoms with Gasteiger partial charge in [0.15, 0.2) is 0 Å². The number of carboxylic acid groups (broad SMARTS) is 1. The van der Waals surface area contributed by atoms with Gasteiger partial charge in [-0.15, -0.1) is 0 Å². The Morgan fingerprint density at radius 1 is 1.41 bits per heavy atom. The smallest absolute Gasteiger partial charge is 0.303 e. The number of nitrogens with zero attached hydrogens (tertiary/aromatic N) is 4. The predicted octanol–water partition coefficient (Wildman–Crippen LogP) is 0.844. The lowest BCUT2D eigenvalue weighted by Gasteiger charge is -2.19. The predicted molar refractivity (Wildman–Crippen MR) is 66.5 cm³/mol. The fourth-order valence-corrected chi connectivity index (χ4v) is 1.35. The first-order chi connectivity index (χ1) is 8.00. The highest BCUT2D eigenvalue weighted by Crippen LogP contribution is 2.12. The largest absolute Gasteiger partial charge is 0.481 e. The lowest BCUT2D eigenvalue weighted by molar-refractivity contribution is -0.137. The lowest BCUT2D eigenvalue weighted by Crippen LogP contribution is -2.22. The minimum absolute atomic E-state index is 0.177. The van der Waals surface area contributed by atoms with Crippen molar-refractivity contribution in [3.05, 3.63) is 12.3 Å². The van der Waals surface area contributed by atoms with Crippen molar-refractivity contribution in [2.75, 3.05) is 37.5 Å². The molecule has 0 unspecified atom stereocenters. The summed E-state index contributed by atoms with van der Waals surface area (Å²) in [4.78, 5) is 22.7. The van der Waals surface area contributed by atoms with Crippen molar-refractivity contribution < 1.29 is 9.90 Å². The Hall–Kier alpha value is -1.85. The standard InChI is InChI=1S/C11H18N4O2/c1-14(2)11-12-7-6-9(13-11)15(3)8-4-5-10(16)17/h6-7H,4-5,8H2,1-3H3,(H,16,17). The topological polar surface area (TPSA) is 69.6 Å². The molecule has 1 aromatic rings. The van der Waals surface area contributed by atoms with Crippen molar-refractivity contribution >= 4 is 17.7 Å². The van der Waals surface area contributed by atoms with Crippen LogP contribution in [0.2, 0.25) is 0 Å². The highest BCUT2D eigenvalue weighted by molar-refractivity contribution is 5.66. The number of rotatable bonds is 6. The van der Waals surface area contributed by atoms with Crippen LogP contribution in [0.4, 0.5) is 11.8 Å². The van der Waals surface area contributed by atoms with Gasteiger partial charge in [-0.05, 0) is 12.5 Å². The molecular formula is C11H18N4O2. The number of hydrogen-bond acceptors (Lipinski definition) is 5. The van der Waals surface area contributed by atoms with Gasteiger partial charge in [-0.3, -0.25) is 4.79 Å². The van der Waals surface area contributed by atoms with E-state index in [4.69, 9.17) is 5.11 Å². The quantitative estimate of drug-likeness (QED) is 0.792. The minimum atomic E-state index is -0.768. The van der Waals surface area contributed by atoms with Gasteiger partial charge >= 0.3 is 5.97 Å². The van der Waals surface area contributed by atoms with Gasteiger partial charge in [0.25, 0.3) is 0 Å². The molecule has 0 aliphatic carbocycles. The molecule has 17 heavy (non-hydrogen) atoms. The highest BCUT2D eigenvalue weighted by Gasteiger charge is 2.06. The zero-order valence-corrected chi connectivity index (χ0v) is 10.4. The Morgan fingerprint density at radius 2 is 2.12 bits per heavy atom. The summed E-state index contributed by atoms with van der Waals surface area (Å²) in [6.45, 7) is 0.663. The number of anilines is 2. The van der Waals surface area contributed by atoms with Crippen LogP contribution in [-0.4, -0.2) is 48.7 Å². The molecule has 6 nitrogen and oxygen atoms in total. The van der Waals surface area contributed by atoms with E-state index >= 15 is 0 Å². The zero-order chi connectivity index (χ0) is 12.8. The van der Waals surface area contributed by atoms with Gasteiger partial charge in [0.1, 0.15) is 5.82 Å². The molecule has 0 fully saturated rings. The van der Waals surface area contributed by atoms with Crippen LogP contribution in [-0.2, 0) is 4.79 Å². The van der Waals surface area contributed by atoms with Crippen molar-refractivity contribution in [3.63, 3.8) is 0 Å². The van der Waals surface area contributed by atoms with Gasteiger partial charge in [-0.1, -0.05) is 0 Å². The van der Waals surface area contributed by atoms with Crippen LogP contribution in [0, 0.1) is 0 Å². The first-order valence-electron chi connectivity index (χ1n) is 5.44. The Labute approximate surface area is 101 Å². The van der Waals surface area contributed by atoms with Crippen LogP contribution in [0.3, 0.4) is 0 Å². The average Bonchev–Trinajstić information content (AvgIpc) is 2.28. The van der Waals surface area contributed by atoms with Crippen molar-refractivity contribution in [1.29, 1.82) is 0 Å². The fourth-order valence-electron chi connectivity index (χ4n) is 1.35. The maximum Gasteiger partial charge on any atom is 0.303 e. The second-order valence-corrected chi connectivity index (χ2v) is 4.03. The fraction of sp³-hybridized carbons (Fsp3) is 0.545. The van der Waals surface area contributed by atoms with Crippen LogP contribution >= 0.6 is 0 Å². The Balaban J connectivity index is 2.59. The summed E-state index contributed by atoms with van der Waals surface area (Å²) < 4.78 is 0. The van der Waals surface area contributed by atoms with E-state index < -0.39 is 5.97 Å². The van der Waals surface area contributed by atoms with Crippen molar-refractivity contribution in [2.45, 2.75) is 12.8 Å². The van der Waals surface area contributed by atoms with E-state index in [0.717, 1.165) is 5.82 Å². The van der Waals surface area contributed by atoms with Crippen molar-refractivity contribution in [3.8, 4) is 0 Å². The molecule has 94 valence electrons. The van der Waals surface area contributed by atoms with Crippen molar-refractivity contribution in [1.82, 2.24) is 9.97 Å². The number of hydrogen-bond donors (Lipinski definition) is 1. The van der Waals surface area contributed by atoms with Crippen LogP contribution in [0.15, 0.2) is 12.3 Å². The summed E-state index contributed by atoms with van der Waals surface area (Å²) in [7, 11) is 5.65. The zero-order valence-electron chi connectivity index (χ0n) is 10.4. The van der Waals surface area contributed by atoms with E-state index in [0.29, 0.717) is 18.9 Å². The molecule has 0 saturated heterocycles. The summed E-state index contributed by atoms with van der Waals surface area (Å²) in [5.74, 6) is 0.678. The van der Waals surface area contributed by atoms with E-state index in [1.807, 2.05) is 37.0 Å². The van der Waals surface area contributed by atoms with Gasteiger partial charge in [-0.25, -0.2) is 4.98 Å². The second kappa shape index (κ2) is 6.03. The third kappa shape index (κ3) is 4.26. The minimum Gasteiger partial charge on any atom is -0.481 e. The molecule has 1 rings (SSSR count). The molecule has 6 heteroatoms. The molecule has 0 aliphatic rings. The molecule has 0 spiro atoms. The molecule has 0 amide bonds. The first kappa shape index (κ1) is 13.2. The van der Waals surface area contributed by atoms with Crippen LogP contribution in [0.25, 0.3) is 0 Å². The van der Waals surface area contributed by atoms with Crippen LogP contribution in [0.5, 0.6) is 0 Å². The molecule has 1 N–H and O–H groups in total. The van der Waals surface area contributed by atoms with Gasteiger partial charge in [-0.2, -0.15) is 4.98 Å². The molecule has 0 aliphatic heterocycles. The maximum absolute atomic E-state index is 10.4. The van der Waals surface area contributed by atoms with E-state index in [9.17, 15) is 4.79 Å². The van der Waals surface area contributed by atoms with Gasteiger partial charge in [0.05, 0.1) is 0 Å². The van der Waals surface area contributed by atoms with Crippen LogP contribution in [0.1, 0.15) is 12.8 Å². The summed E-state index contributed by atoms with van der Waals surface area (Å²) in [5, 5.41) is 8.56. The number of carbonyl (C=O) groups is 1. The van der Waals surface area contributed by atoms with Gasteiger partial charge < -0.3 is 14.9 Å². The summed E-state index contributed by atoms with van der Waals surface area (Å²) in [5.41, 5.74) is 0. The van der Waals surface area contributed by atoms with Gasteiger partial charge in [0, 0.05) is 40.3 Å². The monoisotopic (exact) mass is 238 g/mol. The Morgan fingerprint density at radius 3 is 2.71 bits per heavy atom. The van der Waals surface area contributed by atoms with E-state index in [1.165, 1.54) is 0 Å². The molecule has 1 heterocycles. The number of aliphatic carboxylic acids is 1. The van der Waals surface area contributed by atoms with E-state index in [2.05, 4.69) is 9.97 Å². The second-order valence-electron chi connectivity index (χ2n) is 4.03. The third-order valence-corrected chi connectivity index (χ3v) is 2.30. The lowest BCUT2D eigenvalue weighted by atomic mass is 10.3. The van der Waals surface area contributed by atoms with Crippen LogP contribution < -0.4 is 9.80 Å². The SMILES string of the molecule is CN(C)c1nccc(N(C)CCCC(=O)O)n1. The molecule has 0 saturated carbocycles. The van der Waals surface area contributed by atoms with E-state index in [1.54, 1.807) is 6.20 Å². The molecule has 0 atom stereocenters. The number of aromatic nitrogens is 2. The summed E-state index contributed by atoms with van der Waals surface area (Å²) >= 11 is 0. The Kier molecular flexibility index (Phi) is 4.68. The van der Waals surface area contributed by atoms with Gasteiger partial charge in [0.2, 0.25) is 5.95 Å². The normalized spacial score (nSPS) is 10.1.